The normalized spacial score (nSPS) is 13.5. The van der Waals surface area contributed by atoms with E-state index < -0.39 is 0 Å². The van der Waals surface area contributed by atoms with E-state index in [0.717, 1.165) is 5.76 Å². The molecule has 0 aliphatic rings. The predicted molar refractivity (Wildman–Crippen MR) is 66.6 cm³/mol. The quantitative estimate of drug-likeness (QED) is 0.366. The van der Waals surface area contributed by atoms with Crippen molar-refractivity contribution in [3.63, 3.8) is 0 Å². The Hall–Kier alpha value is -1.83. The molecule has 0 saturated heterocycles. The number of aliphatic imine (C=N–C) groups is 1. The zero-order valence-electron chi connectivity index (χ0n) is 9.31. The Bertz CT molecular complexity index is 319. The number of nitrogens with zero attached hydrogens (tertiary/aromatic N) is 1. The Balaban J connectivity index is 4.67. The Morgan fingerprint density at radius 1 is 1.20 bits per heavy atom. The maximum Gasteiger partial charge on any atom is 0.219 e. The maximum atomic E-state index is 5.50. The van der Waals surface area contributed by atoms with Crippen LogP contribution in [-0.4, -0.2) is 6.21 Å². The molecule has 0 rings (SSSR count). The van der Waals surface area contributed by atoms with Gasteiger partial charge in [0.1, 0.15) is 5.76 Å². The van der Waals surface area contributed by atoms with Crippen molar-refractivity contribution in [2.24, 2.45) is 4.99 Å². The highest BCUT2D eigenvalue weighted by Gasteiger charge is 1.95. The Morgan fingerprint density at radius 3 is 2.40 bits per heavy atom. The lowest BCUT2D eigenvalue weighted by Gasteiger charge is -2.04. The Labute approximate surface area is 91.7 Å². The number of rotatable bonds is 6. The summed E-state index contributed by atoms with van der Waals surface area (Å²) in [5, 5.41) is 0. The zero-order valence-corrected chi connectivity index (χ0v) is 9.31. The van der Waals surface area contributed by atoms with E-state index in [0.29, 0.717) is 5.88 Å². The third-order valence-corrected chi connectivity index (χ3v) is 1.41. The van der Waals surface area contributed by atoms with Crippen LogP contribution in [0.5, 0.6) is 0 Å². The largest absolute Gasteiger partial charge is 0.439 e. The van der Waals surface area contributed by atoms with Crippen LogP contribution in [-0.2, 0) is 4.74 Å². The smallest absolute Gasteiger partial charge is 0.219 e. The van der Waals surface area contributed by atoms with Crippen molar-refractivity contribution in [1.82, 2.24) is 0 Å². The number of allylic oxidation sites excluding steroid dienone is 6. The molecule has 0 unspecified atom stereocenters. The van der Waals surface area contributed by atoms with Crippen molar-refractivity contribution >= 4 is 6.21 Å². The fourth-order valence-corrected chi connectivity index (χ4v) is 0.805. The average Bonchev–Trinajstić information content (AvgIpc) is 2.25. The molecule has 0 amide bonds. The van der Waals surface area contributed by atoms with Crippen LogP contribution in [0, 0.1) is 0 Å². The van der Waals surface area contributed by atoms with Crippen molar-refractivity contribution in [2.45, 2.75) is 13.8 Å². The molecule has 0 spiro atoms. The van der Waals surface area contributed by atoms with Gasteiger partial charge in [0, 0.05) is 12.3 Å². The lowest BCUT2D eigenvalue weighted by atomic mass is 10.4. The molecule has 0 radical (unpaired) electrons. The molecule has 0 aliphatic carbocycles. The van der Waals surface area contributed by atoms with E-state index in [1.54, 1.807) is 24.4 Å². The topological polar surface area (TPSA) is 21.6 Å². The summed E-state index contributed by atoms with van der Waals surface area (Å²) in [6.07, 6.45) is 12.1. The van der Waals surface area contributed by atoms with Gasteiger partial charge in [-0.3, -0.25) is 0 Å². The molecule has 0 atom stereocenters. The van der Waals surface area contributed by atoms with Gasteiger partial charge in [-0.1, -0.05) is 31.4 Å². The van der Waals surface area contributed by atoms with E-state index in [1.165, 1.54) is 0 Å². The van der Waals surface area contributed by atoms with Gasteiger partial charge in [0.05, 0.1) is 0 Å². The van der Waals surface area contributed by atoms with Gasteiger partial charge < -0.3 is 4.74 Å². The number of hydrogen-bond acceptors (Lipinski definition) is 2. The molecule has 80 valence electrons. The van der Waals surface area contributed by atoms with Crippen LogP contribution in [0.3, 0.4) is 0 Å². The average molecular weight is 203 g/mol. The number of hydrogen-bond donors (Lipinski definition) is 0. The predicted octanol–water partition coefficient (Wildman–Crippen LogP) is 3.77. The fourth-order valence-electron chi connectivity index (χ4n) is 0.805. The minimum absolute atomic E-state index is 0.483. The highest BCUT2D eigenvalue weighted by atomic mass is 16.5. The fraction of sp³-hybridized carbons (Fsp3) is 0.154. The molecule has 0 heterocycles. The van der Waals surface area contributed by atoms with Crippen LogP contribution >= 0.6 is 0 Å². The highest BCUT2D eigenvalue weighted by Crippen LogP contribution is 2.09. The summed E-state index contributed by atoms with van der Waals surface area (Å²) in [6.45, 7) is 11.0. The second-order valence-corrected chi connectivity index (χ2v) is 2.55. The summed E-state index contributed by atoms with van der Waals surface area (Å²) < 4.78 is 5.50. The van der Waals surface area contributed by atoms with Gasteiger partial charge in [0.15, 0.2) is 0 Å². The molecule has 0 aromatic heterocycles. The van der Waals surface area contributed by atoms with Gasteiger partial charge in [-0.2, -0.15) is 0 Å². The Morgan fingerprint density at radius 2 is 1.93 bits per heavy atom. The summed E-state index contributed by atoms with van der Waals surface area (Å²) >= 11 is 0. The van der Waals surface area contributed by atoms with Crippen LogP contribution in [0.4, 0.5) is 0 Å². The summed E-state index contributed by atoms with van der Waals surface area (Å²) in [7, 11) is 0. The standard InChI is InChI=1S/C13H17NO/c1-5-9-12(8-4)15-13(10-6-2)14-11-7-3/h5-11H,2-3H2,1,4H3/b9-5-,12-8+,13-10+,14-11?. The van der Waals surface area contributed by atoms with Gasteiger partial charge >= 0.3 is 0 Å². The minimum atomic E-state index is 0.483. The van der Waals surface area contributed by atoms with Crippen LogP contribution in [0.15, 0.2) is 66.2 Å². The van der Waals surface area contributed by atoms with E-state index in [2.05, 4.69) is 18.2 Å². The lowest BCUT2D eigenvalue weighted by Crippen LogP contribution is -1.88. The molecule has 15 heavy (non-hydrogen) atoms. The van der Waals surface area contributed by atoms with E-state index >= 15 is 0 Å². The first kappa shape index (κ1) is 13.2. The summed E-state index contributed by atoms with van der Waals surface area (Å²) in [6, 6.07) is 0. The van der Waals surface area contributed by atoms with Crippen molar-refractivity contribution in [2.75, 3.05) is 0 Å². The van der Waals surface area contributed by atoms with E-state index in [-0.39, 0.29) is 0 Å². The first-order valence-corrected chi connectivity index (χ1v) is 4.73. The molecule has 0 saturated carbocycles. The first-order chi connectivity index (χ1) is 7.28. The summed E-state index contributed by atoms with van der Waals surface area (Å²) in [5.74, 6) is 1.22. The van der Waals surface area contributed by atoms with Crippen LogP contribution in [0.1, 0.15) is 13.8 Å². The van der Waals surface area contributed by atoms with Gasteiger partial charge in [-0.15, -0.1) is 0 Å². The second-order valence-electron chi connectivity index (χ2n) is 2.55. The van der Waals surface area contributed by atoms with Crippen molar-refractivity contribution in [3.8, 4) is 0 Å². The van der Waals surface area contributed by atoms with Crippen molar-refractivity contribution in [1.29, 1.82) is 0 Å². The van der Waals surface area contributed by atoms with Gasteiger partial charge in [-0.25, -0.2) is 4.99 Å². The maximum absolute atomic E-state index is 5.50. The molecular weight excluding hydrogens is 186 g/mol. The second kappa shape index (κ2) is 8.75. The first-order valence-electron chi connectivity index (χ1n) is 4.73. The molecule has 0 fully saturated rings. The van der Waals surface area contributed by atoms with Gasteiger partial charge in [-0.05, 0) is 26.0 Å². The molecule has 2 heteroatoms. The third kappa shape index (κ3) is 6.27. The lowest BCUT2D eigenvalue weighted by molar-refractivity contribution is 0.317. The van der Waals surface area contributed by atoms with Crippen molar-refractivity contribution in [3.05, 3.63) is 61.3 Å². The molecular formula is C13H17NO. The van der Waals surface area contributed by atoms with Crippen LogP contribution in [0.2, 0.25) is 0 Å². The summed E-state index contributed by atoms with van der Waals surface area (Å²) in [4.78, 5) is 4.05. The monoisotopic (exact) mass is 203 g/mol. The van der Waals surface area contributed by atoms with Gasteiger partial charge in [0.25, 0.3) is 0 Å². The van der Waals surface area contributed by atoms with E-state index in [9.17, 15) is 0 Å². The zero-order chi connectivity index (χ0) is 11.5. The summed E-state index contributed by atoms with van der Waals surface area (Å²) in [5.41, 5.74) is 0. The molecule has 0 aliphatic heterocycles. The van der Waals surface area contributed by atoms with Crippen LogP contribution < -0.4 is 0 Å². The van der Waals surface area contributed by atoms with Crippen LogP contribution in [0.25, 0.3) is 0 Å². The van der Waals surface area contributed by atoms with Crippen molar-refractivity contribution < 1.29 is 4.74 Å². The highest BCUT2D eigenvalue weighted by molar-refractivity contribution is 5.71. The molecule has 2 nitrogen and oxygen atoms in total. The molecule has 0 aromatic carbocycles. The number of ether oxygens (including phenoxy) is 1. The third-order valence-electron chi connectivity index (χ3n) is 1.41. The minimum Gasteiger partial charge on any atom is -0.439 e. The molecule has 0 bridgehead atoms. The SMILES string of the molecule is C=CC=N/C(=C\C=C)OC(/C=C\C)=C/C. The van der Waals surface area contributed by atoms with E-state index in [4.69, 9.17) is 4.74 Å². The molecule has 0 N–H and O–H groups in total. The van der Waals surface area contributed by atoms with E-state index in [1.807, 2.05) is 32.1 Å². The molecule has 0 aromatic rings. The van der Waals surface area contributed by atoms with Gasteiger partial charge in [0.2, 0.25) is 5.88 Å². The Kier molecular flexibility index (Phi) is 7.69.